The Labute approximate surface area is 171 Å². The molecule has 158 valence electrons. The number of rotatable bonds is 2. The van der Waals surface area contributed by atoms with E-state index in [1.807, 2.05) is 6.08 Å². The van der Waals surface area contributed by atoms with Crippen LogP contribution in [0.2, 0.25) is 0 Å². The summed E-state index contributed by atoms with van der Waals surface area (Å²) in [5.41, 5.74) is 0.772. The Morgan fingerprint density at radius 1 is 1.17 bits per heavy atom. The quantitative estimate of drug-likeness (QED) is 0.217. The van der Waals surface area contributed by atoms with Crippen LogP contribution in [0, 0.1) is 28.6 Å². The van der Waals surface area contributed by atoms with Gasteiger partial charge in [-0.1, -0.05) is 18.6 Å². The van der Waals surface area contributed by atoms with Crippen molar-refractivity contribution < 1.29 is 25.0 Å². The molecule has 6 nitrogen and oxygen atoms in total. The number of aliphatic hydroxyl groups excluding tert-OH is 1. The summed E-state index contributed by atoms with van der Waals surface area (Å²) in [6.45, 7) is 2.56. The van der Waals surface area contributed by atoms with E-state index in [0.29, 0.717) is 13.0 Å². The van der Waals surface area contributed by atoms with Crippen LogP contribution in [0.1, 0.15) is 58.3 Å². The third kappa shape index (κ3) is 2.48. The molecule has 3 N–H and O–H groups in total. The molecule has 5 rings (SSSR count). The first-order valence-electron chi connectivity index (χ1n) is 11.0. The number of esters is 1. The number of nitrogens with zero attached hydrogens (tertiary/aromatic N) is 1. The van der Waals surface area contributed by atoms with Gasteiger partial charge < -0.3 is 20.2 Å². The Balaban J connectivity index is 1.53. The summed E-state index contributed by atoms with van der Waals surface area (Å²) < 4.78 is 5.18. The molecule has 0 aromatic rings. The fourth-order valence-corrected chi connectivity index (χ4v) is 7.92. The van der Waals surface area contributed by atoms with E-state index in [0.717, 1.165) is 50.5 Å². The molecule has 0 spiro atoms. The predicted molar refractivity (Wildman–Crippen MR) is 106 cm³/mol. The van der Waals surface area contributed by atoms with Gasteiger partial charge in [-0.2, -0.15) is 0 Å². The van der Waals surface area contributed by atoms with Gasteiger partial charge in [0.05, 0.1) is 17.9 Å². The Hall–Kier alpha value is -1.66. The molecule has 0 bridgehead atoms. The average molecular weight is 402 g/mol. The third-order valence-corrected chi connectivity index (χ3v) is 9.30. The number of hydrogen-bond donors (Lipinski definition) is 3. The number of allylic oxidation sites excluding steroid dienone is 1. The van der Waals surface area contributed by atoms with Gasteiger partial charge in [-0.3, -0.25) is 0 Å². The maximum absolute atomic E-state index is 12.2. The lowest BCUT2D eigenvalue weighted by Gasteiger charge is -2.61. The van der Waals surface area contributed by atoms with Crippen molar-refractivity contribution in [3.63, 3.8) is 0 Å². The first-order chi connectivity index (χ1) is 13.8. The summed E-state index contributed by atoms with van der Waals surface area (Å²) in [6.07, 6.45) is 11.4. The number of aliphatic hydroxyl groups is 2. The van der Waals surface area contributed by atoms with Crippen molar-refractivity contribution in [1.29, 1.82) is 0 Å². The molecule has 0 amide bonds. The van der Waals surface area contributed by atoms with E-state index in [9.17, 15) is 20.2 Å². The van der Waals surface area contributed by atoms with Crippen molar-refractivity contribution in [2.75, 3.05) is 6.61 Å². The van der Waals surface area contributed by atoms with Gasteiger partial charge in [-0.05, 0) is 74.7 Å². The number of carbonyl (C=O) groups is 1. The lowest BCUT2D eigenvalue weighted by atomic mass is 9.44. The Morgan fingerprint density at radius 2 is 2.00 bits per heavy atom. The topological polar surface area (TPSA) is 99.4 Å². The summed E-state index contributed by atoms with van der Waals surface area (Å²) in [4.78, 5) is 11.7. The van der Waals surface area contributed by atoms with Gasteiger partial charge in [0, 0.05) is 16.9 Å². The smallest absolute Gasteiger partial charge is 0.331 e. The monoisotopic (exact) mass is 401 g/mol. The number of carbonyl (C=O) groups excluding carboxylic acids is 1. The zero-order chi connectivity index (χ0) is 20.4. The molecule has 0 aromatic carbocycles. The van der Waals surface area contributed by atoms with Crippen LogP contribution in [0.4, 0.5) is 0 Å². The van der Waals surface area contributed by atoms with E-state index in [1.54, 1.807) is 12.3 Å². The second-order valence-corrected chi connectivity index (χ2v) is 10.1. The zero-order valence-electron chi connectivity index (χ0n) is 17.0. The molecule has 1 aliphatic heterocycles. The van der Waals surface area contributed by atoms with Gasteiger partial charge in [-0.25, -0.2) is 4.79 Å². The highest BCUT2D eigenvalue weighted by atomic mass is 16.5. The van der Waals surface area contributed by atoms with Crippen LogP contribution in [-0.4, -0.2) is 45.9 Å². The van der Waals surface area contributed by atoms with E-state index >= 15 is 0 Å². The minimum Gasteiger partial charge on any atom is -0.458 e. The van der Waals surface area contributed by atoms with Crippen LogP contribution in [0.5, 0.6) is 0 Å². The summed E-state index contributed by atoms with van der Waals surface area (Å²) in [5, 5.41) is 35.3. The van der Waals surface area contributed by atoms with Gasteiger partial charge in [0.15, 0.2) is 0 Å². The van der Waals surface area contributed by atoms with Crippen LogP contribution >= 0.6 is 0 Å². The SMILES string of the molecule is C[C@]12CC[C@@H]3[C@H](CCC4=C[C@H](O)CC[C@@]43/C=N\O)[C@@]1(O)CC[C@@H]2C1=CC(=O)OC1. The number of fused-ring (bicyclic) bond motifs is 5. The molecule has 0 saturated heterocycles. The second-order valence-electron chi connectivity index (χ2n) is 10.1. The van der Waals surface area contributed by atoms with Crippen molar-refractivity contribution in [1.82, 2.24) is 0 Å². The molecule has 0 aromatic heterocycles. The number of ether oxygens (including phenoxy) is 1. The summed E-state index contributed by atoms with van der Waals surface area (Å²) in [7, 11) is 0. The molecule has 1 heterocycles. The first-order valence-corrected chi connectivity index (χ1v) is 11.0. The molecule has 7 atom stereocenters. The van der Waals surface area contributed by atoms with Gasteiger partial charge in [0.2, 0.25) is 0 Å². The lowest BCUT2D eigenvalue weighted by molar-refractivity contribution is -0.175. The van der Waals surface area contributed by atoms with Crippen LogP contribution in [-0.2, 0) is 9.53 Å². The van der Waals surface area contributed by atoms with Gasteiger partial charge in [-0.15, -0.1) is 5.16 Å². The van der Waals surface area contributed by atoms with Gasteiger partial charge in [0.1, 0.15) is 6.61 Å². The Kier molecular flexibility index (Phi) is 4.27. The van der Waals surface area contributed by atoms with Crippen molar-refractivity contribution in [2.45, 2.75) is 70.0 Å². The van der Waals surface area contributed by atoms with Crippen molar-refractivity contribution in [2.24, 2.45) is 33.7 Å². The molecule has 0 radical (unpaired) electrons. The molecular weight excluding hydrogens is 370 g/mol. The highest BCUT2D eigenvalue weighted by Crippen LogP contribution is 2.69. The third-order valence-electron chi connectivity index (χ3n) is 9.30. The summed E-state index contributed by atoms with van der Waals surface area (Å²) in [5.74, 6) is 0.236. The van der Waals surface area contributed by atoms with E-state index < -0.39 is 11.7 Å². The van der Waals surface area contributed by atoms with Crippen LogP contribution in [0.15, 0.2) is 28.5 Å². The molecular formula is C23H31NO5. The fourth-order valence-electron chi connectivity index (χ4n) is 7.92. The average Bonchev–Trinajstić information content (AvgIpc) is 3.23. The van der Waals surface area contributed by atoms with Gasteiger partial charge in [0.25, 0.3) is 0 Å². The van der Waals surface area contributed by atoms with Crippen molar-refractivity contribution >= 4 is 12.2 Å². The van der Waals surface area contributed by atoms with Crippen LogP contribution < -0.4 is 0 Å². The number of oxime groups is 1. The molecule has 6 heteroatoms. The molecule has 5 aliphatic rings. The maximum atomic E-state index is 12.2. The zero-order valence-corrected chi connectivity index (χ0v) is 17.0. The number of cyclic esters (lactones) is 1. The lowest BCUT2D eigenvalue weighted by Crippen LogP contribution is -2.61. The normalized spacial score (nSPS) is 49.1. The number of hydrogen-bond acceptors (Lipinski definition) is 6. The maximum Gasteiger partial charge on any atom is 0.331 e. The van der Waals surface area contributed by atoms with E-state index in [1.165, 1.54) is 5.57 Å². The second kappa shape index (κ2) is 6.42. The molecule has 0 unspecified atom stereocenters. The molecule has 3 saturated carbocycles. The fraction of sp³-hybridized carbons (Fsp3) is 0.739. The first kappa shape index (κ1) is 19.3. The van der Waals surface area contributed by atoms with E-state index in [4.69, 9.17) is 4.74 Å². The van der Waals surface area contributed by atoms with Crippen molar-refractivity contribution in [3.8, 4) is 0 Å². The Bertz CT molecular complexity index is 818. The minimum atomic E-state index is -0.801. The molecule has 4 aliphatic carbocycles. The van der Waals surface area contributed by atoms with E-state index in [2.05, 4.69) is 12.1 Å². The predicted octanol–water partition coefficient (Wildman–Crippen LogP) is 2.96. The van der Waals surface area contributed by atoms with Crippen LogP contribution in [0.25, 0.3) is 0 Å². The van der Waals surface area contributed by atoms with Gasteiger partial charge >= 0.3 is 5.97 Å². The highest BCUT2D eigenvalue weighted by Gasteiger charge is 2.67. The summed E-state index contributed by atoms with van der Waals surface area (Å²) >= 11 is 0. The van der Waals surface area contributed by atoms with Crippen LogP contribution in [0.3, 0.4) is 0 Å². The standard InChI is InChI=1S/C23H31NO5/c1-21-7-5-18-19(3-2-15-11-16(25)4-8-22(15,18)13-24-28)23(21,27)9-6-17(21)14-10-20(26)29-12-14/h10-11,13,16-19,25,27-28H,2-9,12H2,1H3/b24-13-/t16-,17-,18-,19+,21-,22-,23+/m1/s1. The summed E-state index contributed by atoms with van der Waals surface area (Å²) in [6, 6.07) is 0. The van der Waals surface area contributed by atoms with E-state index in [-0.39, 0.29) is 34.6 Å². The van der Waals surface area contributed by atoms with Crippen molar-refractivity contribution in [3.05, 3.63) is 23.3 Å². The highest BCUT2D eigenvalue weighted by molar-refractivity contribution is 5.85. The molecule has 3 fully saturated rings. The Morgan fingerprint density at radius 3 is 2.72 bits per heavy atom. The molecule has 29 heavy (non-hydrogen) atoms. The minimum absolute atomic E-state index is 0.121. The largest absolute Gasteiger partial charge is 0.458 e.